The highest BCUT2D eigenvalue weighted by molar-refractivity contribution is 5.91. The molecule has 1 N–H and O–H groups in total. The number of carbonyl (C=O) groups excluding carboxylic acids is 2. The largest absolute Gasteiger partial charge is 0.467 e. The molecule has 2 aromatic heterocycles. The minimum atomic E-state index is -0.153. The van der Waals surface area contributed by atoms with E-state index in [4.69, 9.17) is 8.83 Å². The van der Waals surface area contributed by atoms with Gasteiger partial charge in [0.1, 0.15) is 5.76 Å². The van der Waals surface area contributed by atoms with E-state index in [1.165, 1.54) is 6.26 Å². The lowest BCUT2D eigenvalue weighted by Gasteiger charge is -2.31. The summed E-state index contributed by atoms with van der Waals surface area (Å²) in [5, 5.41) is 2.97. The van der Waals surface area contributed by atoms with Crippen LogP contribution in [0.25, 0.3) is 0 Å². The molecule has 1 aliphatic heterocycles. The van der Waals surface area contributed by atoms with E-state index in [9.17, 15) is 9.59 Å². The molecular formula is C17H20N2O4. The van der Waals surface area contributed by atoms with Crippen molar-refractivity contribution in [3.05, 3.63) is 48.3 Å². The fourth-order valence-electron chi connectivity index (χ4n) is 2.84. The number of piperidine rings is 1. The number of hydrogen-bond donors (Lipinski definition) is 1. The molecule has 0 radical (unpaired) electrons. The Morgan fingerprint density at radius 2 is 1.87 bits per heavy atom. The average molecular weight is 316 g/mol. The minimum absolute atomic E-state index is 0.0130. The van der Waals surface area contributed by atoms with Crippen LogP contribution in [-0.4, -0.2) is 29.8 Å². The smallest absolute Gasteiger partial charge is 0.289 e. The number of nitrogens with one attached hydrogen (secondary N) is 1. The van der Waals surface area contributed by atoms with Gasteiger partial charge in [-0.2, -0.15) is 0 Å². The van der Waals surface area contributed by atoms with Gasteiger partial charge in [-0.1, -0.05) is 0 Å². The van der Waals surface area contributed by atoms with Crippen molar-refractivity contribution in [3.63, 3.8) is 0 Å². The molecule has 23 heavy (non-hydrogen) atoms. The molecule has 3 rings (SSSR count). The van der Waals surface area contributed by atoms with E-state index in [1.807, 2.05) is 13.0 Å². The van der Waals surface area contributed by atoms with Crippen LogP contribution in [0.5, 0.6) is 0 Å². The Bertz CT molecular complexity index is 640. The first kappa shape index (κ1) is 15.4. The molecule has 1 fully saturated rings. The van der Waals surface area contributed by atoms with E-state index in [2.05, 4.69) is 5.32 Å². The van der Waals surface area contributed by atoms with Crippen LogP contribution in [0.15, 0.2) is 45.6 Å². The Kier molecular flexibility index (Phi) is 4.50. The highest BCUT2D eigenvalue weighted by Crippen LogP contribution is 2.21. The summed E-state index contributed by atoms with van der Waals surface area (Å²) in [6.45, 7) is 3.02. The fourth-order valence-corrected chi connectivity index (χ4v) is 2.84. The van der Waals surface area contributed by atoms with Crippen molar-refractivity contribution in [3.8, 4) is 0 Å². The van der Waals surface area contributed by atoms with Crippen molar-refractivity contribution in [1.82, 2.24) is 10.2 Å². The summed E-state index contributed by atoms with van der Waals surface area (Å²) in [6, 6.07) is 6.85. The lowest BCUT2D eigenvalue weighted by Crippen LogP contribution is -2.43. The maximum absolute atomic E-state index is 12.3. The lowest BCUT2D eigenvalue weighted by atomic mass is 9.95. The van der Waals surface area contributed by atoms with E-state index in [-0.39, 0.29) is 23.8 Å². The third-order valence-corrected chi connectivity index (χ3v) is 4.21. The van der Waals surface area contributed by atoms with Gasteiger partial charge in [-0.15, -0.1) is 0 Å². The third kappa shape index (κ3) is 3.47. The van der Waals surface area contributed by atoms with Crippen molar-refractivity contribution in [1.29, 1.82) is 0 Å². The summed E-state index contributed by atoms with van der Waals surface area (Å²) in [4.78, 5) is 26.3. The van der Waals surface area contributed by atoms with Crippen LogP contribution in [0.2, 0.25) is 0 Å². The fraction of sp³-hybridized carbons (Fsp3) is 0.412. The van der Waals surface area contributed by atoms with Gasteiger partial charge >= 0.3 is 0 Å². The van der Waals surface area contributed by atoms with Gasteiger partial charge in [0.2, 0.25) is 5.91 Å². The molecule has 1 aliphatic rings. The van der Waals surface area contributed by atoms with Crippen LogP contribution >= 0.6 is 0 Å². The van der Waals surface area contributed by atoms with E-state index in [1.54, 1.807) is 29.4 Å². The quantitative estimate of drug-likeness (QED) is 0.940. The highest BCUT2D eigenvalue weighted by atomic mass is 16.3. The number of amides is 2. The zero-order chi connectivity index (χ0) is 16.2. The number of furan rings is 2. The Morgan fingerprint density at radius 3 is 2.48 bits per heavy atom. The van der Waals surface area contributed by atoms with Gasteiger partial charge in [0.15, 0.2) is 5.76 Å². The molecule has 0 saturated carbocycles. The zero-order valence-corrected chi connectivity index (χ0v) is 13.0. The molecule has 6 heteroatoms. The predicted octanol–water partition coefficient (Wildman–Crippen LogP) is 2.60. The molecule has 3 heterocycles. The van der Waals surface area contributed by atoms with Crippen LogP contribution in [0, 0.1) is 5.92 Å². The molecule has 1 atom stereocenters. The molecule has 6 nitrogen and oxygen atoms in total. The van der Waals surface area contributed by atoms with Crippen molar-refractivity contribution in [2.45, 2.75) is 25.8 Å². The van der Waals surface area contributed by atoms with Gasteiger partial charge in [0.25, 0.3) is 5.91 Å². The molecule has 0 spiro atoms. The number of nitrogens with zero attached hydrogens (tertiary/aromatic N) is 1. The number of rotatable bonds is 4. The first-order valence-electron chi connectivity index (χ1n) is 7.81. The van der Waals surface area contributed by atoms with Gasteiger partial charge in [-0.25, -0.2) is 0 Å². The van der Waals surface area contributed by atoms with Gasteiger partial charge in [-0.3, -0.25) is 9.59 Å². The van der Waals surface area contributed by atoms with Gasteiger partial charge in [-0.05, 0) is 44.0 Å². The molecule has 2 aromatic rings. The third-order valence-electron chi connectivity index (χ3n) is 4.21. The van der Waals surface area contributed by atoms with Gasteiger partial charge < -0.3 is 19.1 Å². The van der Waals surface area contributed by atoms with E-state index < -0.39 is 0 Å². The second kappa shape index (κ2) is 6.73. The Hall–Kier alpha value is -2.50. The summed E-state index contributed by atoms with van der Waals surface area (Å²) in [6.07, 6.45) is 4.40. The van der Waals surface area contributed by atoms with Gasteiger partial charge in [0.05, 0.1) is 18.6 Å². The highest BCUT2D eigenvalue weighted by Gasteiger charge is 2.29. The Morgan fingerprint density at radius 1 is 1.17 bits per heavy atom. The minimum Gasteiger partial charge on any atom is -0.467 e. The molecule has 0 bridgehead atoms. The van der Waals surface area contributed by atoms with Crippen molar-refractivity contribution in [2.24, 2.45) is 5.92 Å². The number of hydrogen-bond acceptors (Lipinski definition) is 4. The number of carbonyl (C=O) groups is 2. The zero-order valence-electron chi connectivity index (χ0n) is 13.0. The van der Waals surface area contributed by atoms with Crippen molar-refractivity contribution < 1.29 is 18.4 Å². The molecule has 1 unspecified atom stereocenters. The van der Waals surface area contributed by atoms with Crippen LogP contribution in [0.1, 0.15) is 42.1 Å². The van der Waals surface area contributed by atoms with E-state index >= 15 is 0 Å². The Labute approximate surface area is 134 Å². The second-order valence-electron chi connectivity index (χ2n) is 5.79. The maximum Gasteiger partial charge on any atom is 0.289 e. The van der Waals surface area contributed by atoms with E-state index in [0.717, 1.165) is 5.76 Å². The summed E-state index contributed by atoms with van der Waals surface area (Å²) in [5.41, 5.74) is 0. The van der Waals surface area contributed by atoms with Crippen LogP contribution < -0.4 is 5.32 Å². The SMILES string of the molecule is CC(NC(=O)C1CCN(C(=O)c2ccco2)CC1)c1ccco1. The van der Waals surface area contributed by atoms with E-state index in [0.29, 0.717) is 31.7 Å². The topological polar surface area (TPSA) is 75.7 Å². The average Bonchev–Trinajstić information content (AvgIpc) is 3.27. The number of likely N-dealkylation sites (tertiary alicyclic amines) is 1. The molecule has 0 aromatic carbocycles. The van der Waals surface area contributed by atoms with Crippen LogP contribution in [0.4, 0.5) is 0 Å². The van der Waals surface area contributed by atoms with Gasteiger partial charge in [0, 0.05) is 19.0 Å². The molecule has 1 saturated heterocycles. The second-order valence-corrected chi connectivity index (χ2v) is 5.79. The first-order valence-corrected chi connectivity index (χ1v) is 7.81. The normalized spacial score (nSPS) is 17.0. The van der Waals surface area contributed by atoms with Crippen molar-refractivity contribution in [2.75, 3.05) is 13.1 Å². The summed E-state index contributed by atoms with van der Waals surface area (Å²) in [7, 11) is 0. The van der Waals surface area contributed by atoms with Crippen molar-refractivity contribution >= 4 is 11.8 Å². The Balaban J connectivity index is 1.50. The van der Waals surface area contributed by atoms with Crippen LogP contribution in [0.3, 0.4) is 0 Å². The summed E-state index contributed by atoms with van der Waals surface area (Å²) in [5.74, 6) is 0.910. The van der Waals surface area contributed by atoms with Crippen LogP contribution in [-0.2, 0) is 4.79 Å². The summed E-state index contributed by atoms with van der Waals surface area (Å²) < 4.78 is 10.4. The molecular weight excluding hydrogens is 296 g/mol. The monoisotopic (exact) mass is 316 g/mol. The lowest BCUT2D eigenvalue weighted by molar-refractivity contribution is -0.127. The predicted molar refractivity (Wildman–Crippen MR) is 82.6 cm³/mol. The molecule has 0 aliphatic carbocycles. The first-order chi connectivity index (χ1) is 11.1. The maximum atomic E-state index is 12.3. The standard InChI is InChI=1S/C17H20N2O4/c1-12(14-4-2-10-22-14)18-16(20)13-6-8-19(9-7-13)17(21)15-5-3-11-23-15/h2-5,10-13H,6-9H2,1H3,(H,18,20). The summed E-state index contributed by atoms with van der Waals surface area (Å²) >= 11 is 0. The molecule has 2 amide bonds. The molecule has 122 valence electrons.